The molecule has 4 aromatic rings. The Morgan fingerprint density at radius 3 is 1.97 bits per heavy atom. The van der Waals surface area contributed by atoms with Gasteiger partial charge in [-0.3, -0.25) is 4.79 Å². The first-order chi connectivity index (χ1) is 16.3. The Balaban J connectivity index is 1.56. The molecule has 0 unspecified atom stereocenters. The van der Waals surface area contributed by atoms with Crippen molar-refractivity contribution in [1.29, 1.82) is 0 Å². The summed E-state index contributed by atoms with van der Waals surface area (Å²) < 4.78 is 51.5. The molecule has 0 saturated carbocycles. The van der Waals surface area contributed by atoms with Crippen molar-refractivity contribution in [2.75, 3.05) is 0 Å². The van der Waals surface area contributed by atoms with E-state index in [2.05, 4.69) is 5.10 Å². The highest BCUT2D eigenvalue weighted by atomic mass is 35.5. The number of carbonyl (C=O) groups excluding carboxylic acids is 1. The molecule has 0 fully saturated rings. The molecule has 1 heterocycles. The zero-order valence-corrected chi connectivity index (χ0v) is 18.7. The Bertz CT molecular complexity index is 1280. The highest BCUT2D eigenvalue weighted by Gasteiger charge is 2.35. The van der Waals surface area contributed by atoms with Crippen LogP contribution in [0.15, 0.2) is 72.8 Å². The van der Waals surface area contributed by atoms with Crippen LogP contribution in [0.2, 0.25) is 10.0 Å². The summed E-state index contributed by atoms with van der Waals surface area (Å²) in [5, 5.41) is 3.98. The fourth-order valence-electron chi connectivity index (χ4n) is 3.23. The smallest absolute Gasteiger partial charge is 0.435 e. The Hall–Kier alpha value is -3.49. The van der Waals surface area contributed by atoms with Crippen molar-refractivity contribution in [3.8, 4) is 28.3 Å². The molecule has 1 aromatic heterocycles. The Morgan fingerprint density at radius 1 is 0.882 bits per heavy atom. The van der Waals surface area contributed by atoms with Gasteiger partial charge in [-0.1, -0.05) is 53.5 Å². The van der Waals surface area contributed by atoms with Crippen LogP contribution in [0.4, 0.5) is 13.2 Å². The van der Waals surface area contributed by atoms with Crippen molar-refractivity contribution in [2.45, 2.75) is 12.8 Å². The van der Waals surface area contributed by atoms with E-state index >= 15 is 0 Å². The molecular weight excluding hydrogens is 492 g/mol. The highest BCUT2D eigenvalue weighted by Crippen LogP contribution is 2.34. The number of alkyl halides is 3. The molecule has 0 N–H and O–H groups in total. The summed E-state index contributed by atoms with van der Waals surface area (Å²) in [6.07, 6.45) is -4.65. The molecule has 0 saturated heterocycles. The van der Waals surface area contributed by atoms with Crippen molar-refractivity contribution in [2.24, 2.45) is 0 Å². The van der Waals surface area contributed by atoms with Crippen molar-refractivity contribution < 1.29 is 27.4 Å². The van der Waals surface area contributed by atoms with Crippen LogP contribution in [0, 0.1) is 0 Å². The van der Waals surface area contributed by atoms with Crippen LogP contribution < -0.4 is 9.47 Å². The van der Waals surface area contributed by atoms with Crippen molar-refractivity contribution >= 4 is 29.7 Å². The standard InChI is InChI=1S/C24H15Cl2F3N2O3/c25-20-2-1-3-21(26)23(20)31-17(12-22(30-31)24(27,28)29)13-33-18-8-4-15(5-9-18)16-6-10-19(11-7-16)34-14-32/h1-12,14H,13H2. The number of benzene rings is 3. The maximum atomic E-state index is 13.3. The lowest BCUT2D eigenvalue weighted by Crippen LogP contribution is -2.09. The third kappa shape index (κ3) is 5.18. The first-order valence-corrected chi connectivity index (χ1v) is 10.6. The van der Waals surface area contributed by atoms with Gasteiger partial charge >= 0.3 is 6.18 Å². The average Bonchev–Trinajstić information content (AvgIpc) is 3.23. The normalized spacial score (nSPS) is 11.3. The number of nitrogens with zero attached hydrogens (tertiary/aromatic N) is 2. The number of ether oxygens (including phenoxy) is 2. The molecule has 0 aliphatic rings. The van der Waals surface area contributed by atoms with Crippen LogP contribution in [-0.2, 0) is 17.6 Å². The molecular formula is C24H15Cl2F3N2O3. The van der Waals surface area contributed by atoms with Gasteiger partial charge < -0.3 is 9.47 Å². The largest absolute Gasteiger partial charge is 0.487 e. The molecule has 0 aliphatic heterocycles. The predicted octanol–water partition coefficient (Wildman–Crippen LogP) is 6.98. The minimum atomic E-state index is -4.65. The second-order valence-corrected chi connectivity index (χ2v) is 7.87. The first-order valence-electron chi connectivity index (χ1n) is 9.80. The zero-order valence-electron chi connectivity index (χ0n) is 17.2. The zero-order chi connectivity index (χ0) is 24.3. The van der Waals surface area contributed by atoms with E-state index in [0.717, 1.165) is 21.9 Å². The molecule has 4 rings (SSSR count). The van der Waals surface area contributed by atoms with Gasteiger partial charge in [0.2, 0.25) is 0 Å². The number of para-hydroxylation sites is 1. The third-order valence-electron chi connectivity index (χ3n) is 4.84. The van der Waals surface area contributed by atoms with Crippen molar-refractivity contribution in [3.63, 3.8) is 0 Å². The maximum Gasteiger partial charge on any atom is 0.435 e. The summed E-state index contributed by atoms with van der Waals surface area (Å²) in [7, 11) is 0. The SMILES string of the molecule is O=COc1ccc(-c2ccc(OCc3cc(C(F)(F)F)nn3-c3c(Cl)cccc3Cl)cc2)cc1. The van der Waals surface area contributed by atoms with Crippen molar-refractivity contribution in [1.82, 2.24) is 9.78 Å². The Labute approximate surface area is 202 Å². The number of carbonyl (C=O) groups is 1. The van der Waals surface area contributed by atoms with E-state index in [-0.39, 0.29) is 28.0 Å². The van der Waals surface area contributed by atoms with E-state index < -0.39 is 11.9 Å². The molecule has 174 valence electrons. The predicted molar refractivity (Wildman–Crippen MR) is 121 cm³/mol. The minimum absolute atomic E-state index is 0.122. The summed E-state index contributed by atoms with van der Waals surface area (Å²) in [6, 6.07) is 19.4. The first kappa shape index (κ1) is 23.7. The van der Waals surface area contributed by atoms with Gasteiger partial charge in [-0.05, 0) is 53.6 Å². The highest BCUT2D eigenvalue weighted by molar-refractivity contribution is 6.37. The number of rotatable bonds is 7. The second-order valence-electron chi connectivity index (χ2n) is 7.05. The molecule has 0 amide bonds. The van der Waals surface area contributed by atoms with E-state index in [1.807, 2.05) is 0 Å². The van der Waals surface area contributed by atoms with Crippen LogP contribution in [0.3, 0.4) is 0 Å². The van der Waals surface area contributed by atoms with E-state index in [4.69, 9.17) is 32.7 Å². The molecule has 10 heteroatoms. The summed E-state index contributed by atoms with van der Waals surface area (Å²) in [6.45, 7) is 0.145. The van der Waals surface area contributed by atoms with Crippen LogP contribution in [0.25, 0.3) is 16.8 Å². The van der Waals surface area contributed by atoms with E-state index in [1.54, 1.807) is 54.6 Å². The monoisotopic (exact) mass is 506 g/mol. The van der Waals surface area contributed by atoms with Gasteiger partial charge in [0.15, 0.2) is 5.69 Å². The fraction of sp³-hybridized carbons (Fsp3) is 0.0833. The van der Waals surface area contributed by atoms with Crippen LogP contribution in [0.5, 0.6) is 11.5 Å². The van der Waals surface area contributed by atoms with Gasteiger partial charge in [-0.15, -0.1) is 0 Å². The fourth-order valence-corrected chi connectivity index (χ4v) is 3.79. The van der Waals surface area contributed by atoms with Gasteiger partial charge in [-0.25, -0.2) is 4.68 Å². The van der Waals surface area contributed by atoms with E-state index in [9.17, 15) is 18.0 Å². The lowest BCUT2D eigenvalue weighted by atomic mass is 10.1. The molecule has 0 radical (unpaired) electrons. The summed E-state index contributed by atoms with van der Waals surface area (Å²) in [5.41, 5.74) is 0.928. The summed E-state index contributed by atoms with van der Waals surface area (Å²) in [4.78, 5) is 10.4. The average molecular weight is 507 g/mol. The summed E-state index contributed by atoms with van der Waals surface area (Å²) >= 11 is 12.4. The topological polar surface area (TPSA) is 53.4 Å². The number of hydrogen-bond donors (Lipinski definition) is 0. The number of hydrogen-bond acceptors (Lipinski definition) is 4. The molecule has 3 aromatic carbocycles. The van der Waals surface area contributed by atoms with Crippen LogP contribution in [-0.4, -0.2) is 16.3 Å². The maximum absolute atomic E-state index is 13.3. The Morgan fingerprint density at radius 2 is 1.44 bits per heavy atom. The van der Waals surface area contributed by atoms with E-state index in [1.165, 1.54) is 12.1 Å². The molecule has 0 spiro atoms. The lowest BCUT2D eigenvalue weighted by Gasteiger charge is -2.12. The molecule has 0 atom stereocenters. The quantitative estimate of drug-likeness (QED) is 0.254. The molecule has 5 nitrogen and oxygen atoms in total. The summed E-state index contributed by atoms with van der Waals surface area (Å²) in [5.74, 6) is 0.864. The van der Waals surface area contributed by atoms with E-state index in [0.29, 0.717) is 18.0 Å². The van der Waals surface area contributed by atoms with Gasteiger partial charge in [0.25, 0.3) is 6.47 Å². The number of halogens is 5. The van der Waals surface area contributed by atoms with Gasteiger partial charge in [0.1, 0.15) is 23.8 Å². The lowest BCUT2D eigenvalue weighted by molar-refractivity contribution is -0.141. The van der Waals surface area contributed by atoms with Gasteiger partial charge in [0, 0.05) is 0 Å². The molecule has 0 aliphatic carbocycles. The van der Waals surface area contributed by atoms with Crippen LogP contribution in [0.1, 0.15) is 11.4 Å². The Kier molecular flexibility index (Phi) is 6.81. The minimum Gasteiger partial charge on any atom is -0.487 e. The number of aromatic nitrogens is 2. The second kappa shape index (κ2) is 9.79. The third-order valence-corrected chi connectivity index (χ3v) is 5.45. The molecule has 0 bridgehead atoms. The molecule has 34 heavy (non-hydrogen) atoms. The van der Waals surface area contributed by atoms with Crippen LogP contribution >= 0.6 is 23.2 Å². The van der Waals surface area contributed by atoms with Gasteiger partial charge in [-0.2, -0.15) is 18.3 Å². The van der Waals surface area contributed by atoms with Gasteiger partial charge in [0.05, 0.1) is 15.7 Å². The van der Waals surface area contributed by atoms with Crippen molar-refractivity contribution in [3.05, 3.63) is 94.2 Å².